The van der Waals surface area contributed by atoms with Crippen LogP contribution in [0.4, 0.5) is 5.69 Å². The molecule has 1 amide bonds. The van der Waals surface area contributed by atoms with E-state index in [1.165, 1.54) is 17.4 Å². The molecule has 2 aromatic carbocycles. The zero-order valence-corrected chi connectivity index (χ0v) is 18.5. The summed E-state index contributed by atoms with van der Waals surface area (Å²) >= 11 is 1.48. The molecule has 0 N–H and O–H groups in total. The summed E-state index contributed by atoms with van der Waals surface area (Å²) in [5.41, 5.74) is 3.44. The molecule has 156 valence electrons. The molecule has 4 rings (SSSR count). The van der Waals surface area contributed by atoms with Gasteiger partial charge in [0, 0.05) is 44.5 Å². The van der Waals surface area contributed by atoms with Crippen molar-refractivity contribution in [3.8, 4) is 11.4 Å². The van der Waals surface area contributed by atoms with Gasteiger partial charge in [0.05, 0.1) is 5.25 Å². The first kappa shape index (κ1) is 20.5. The molecule has 0 bridgehead atoms. The monoisotopic (exact) mass is 421 g/mol. The summed E-state index contributed by atoms with van der Waals surface area (Å²) in [4.78, 5) is 17.3. The fraction of sp³-hybridized carbons (Fsp3) is 0.348. The van der Waals surface area contributed by atoms with Gasteiger partial charge in [0.2, 0.25) is 5.91 Å². The Hall–Kier alpha value is -2.80. The number of amides is 1. The van der Waals surface area contributed by atoms with Gasteiger partial charge in [-0.25, -0.2) is 0 Å². The Morgan fingerprint density at radius 2 is 1.63 bits per heavy atom. The molecule has 7 heteroatoms. The summed E-state index contributed by atoms with van der Waals surface area (Å²) in [6, 6.07) is 18.5. The molecule has 0 saturated carbocycles. The highest BCUT2D eigenvalue weighted by Crippen LogP contribution is 2.28. The van der Waals surface area contributed by atoms with E-state index in [0.29, 0.717) is 0 Å². The summed E-state index contributed by atoms with van der Waals surface area (Å²) < 4.78 is 1.98. The Morgan fingerprint density at radius 1 is 0.967 bits per heavy atom. The number of aryl methyl sites for hydroxylation is 1. The van der Waals surface area contributed by atoms with Gasteiger partial charge in [-0.15, -0.1) is 10.2 Å². The minimum absolute atomic E-state index is 0.160. The number of thioether (sulfide) groups is 1. The van der Waals surface area contributed by atoms with Gasteiger partial charge >= 0.3 is 0 Å². The van der Waals surface area contributed by atoms with E-state index in [9.17, 15) is 4.79 Å². The summed E-state index contributed by atoms with van der Waals surface area (Å²) in [5.74, 6) is 0.986. The maximum atomic E-state index is 13.0. The number of carbonyl (C=O) groups excluding carboxylic acids is 1. The number of piperazine rings is 1. The van der Waals surface area contributed by atoms with Crippen LogP contribution in [0.15, 0.2) is 59.8 Å². The van der Waals surface area contributed by atoms with Crippen LogP contribution in [-0.4, -0.2) is 57.0 Å². The summed E-state index contributed by atoms with van der Waals surface area (Å²) in [6.07, 6.45) is 0. The van der Waals surface area contributed by atoms with E-state index in [0.717, 1.165) is 48.3 Å². The lowest BCUT2D eigenvalue weighted by molar-refractivity contribution is -0.130. The molecule has 1 saturated heterocycles. The zero-order chi connectivity index (χ0) is 21.1. The maximum Gasteiger partial charge on any atom is 0.236 e. The molecule has 1 aliphatic rings. The highest BCUT2D eigenvalue weighted by molar-refractivity contribution is 8.00. The van der Waals surface area contributed by atoms with Crippen LogP contribution >= 0.6 is 11.8 Å². The number of nitrogens with zero attached hydrogens (tertiary/aromatic N) is 5. The van der Waals surface area contributed by atoms with Crippen LogP contribution in [0, 0.1) is 6.92 Å². The maximum absolute atomic E-state index is 13.0. The van der Waals surface area contributed by atoms with Crippen LogP contribution in [0.5, 0.6) is 0 Å². The SMILES string of the molecule is Cc1ccccc1-c1nnc(S[C@H](C)C(=O)N2CCN(c3ccccc3)CC2)n1C. The molecule has 0 radical (unpaired) electrons. The Morgan fingerprint density at radius 3 is 2.33 bits per heavy atom. The quantitative estimate of drug-likeness (QED) is 0.589. The fourth-order valence-electron chi connectivity index (χ4n) is 3.77. The number of carbonyl (C=O) groups is 1. The van der Waals surface area contributed by atoms with Gasteiger partial charge < -0.3 is 14.4 Å². The van der Waals surface area contributed by atoms with Crippen molar-refractivity contribution in [2.75, 3.05) is 31.1 Å². The molecule has 1 atom stereocenters. The lowest BCUT2D eigenvalue weighted by Crippen LogP contribution is -2.50. The molecule has 2 heterocycles. The number of para-hydroxylation sites is 1. The first-order valence-corrected chi connectivity index (χ1v) is 11.1. The molecule has 6 nitrogen and oxygen atoms in total. The third-order valence-electron chi connectivity index (χ3n) is 5.56. The number of hydrogen-bond donors (Lipinski definition) is 0. The number of benzene rings is 2. The summed E-state index contributed by atoms with van der Waals surface area (Å²) in [5, 5.41) is 9.28. The molecule has 0 aliphatic carbocycles. The topological polar surface area (TPSA) is 54.3 Å². The van der Waals surface area contributed by atoms with Gasteiger partial charge in [0.1, 0.15) is 0 Å². The summed E-state index contributed by atoms with van der Waals surface area (Å²) in [7, 11) is 1.96. The molecule has 0 spiro atoms. The number of rotatable bonds is 5. The van der Waals surface area contributed by atoms with Crippen molar-refractivity contribution in [2.24, 2.45) is 7.05 Å². The predicted octanol–water partition coefficient (Wildman–Crippen LogP) is 3.62. The first-order chi connectivity index (χ1) is 14.5. The second-order valence-electron chi connectivity index (χ2n) is 7.59. The normalized spacial score (nSPS) is 15.3. The number of anilines is 1. The van der Waals surface area contributed by atoms with Crippen molar-refractivity contribution >= 4 is 23.4 Å². The van der Waals surface area contributed by atoms with Crippen LogP contribution in [-0.2, 0) is 11.8 Å². The molecule has 30 heavy (non-hydrogen) atoms. The second kappa shape index (κ2) is 8.92. The average Bonchev–Trinajstić information content (AvgIpc) is 3.14. The van der Waals surface area contributed by atoms with E-state index in [2.05, 4.69) is 58.4 Å². The molecule has 1 aliphatic heterocycles. The van der Waals surface area contributed by atoms with Crippen molar-refractivity contribution < 1.29 is 4.79 Å². The third-order valence-corrected chi connectivity index (χ3v) is 6.69. The highest BCUT2D eigenvalue weighted by atomic mass is 32.2. The zero-order valence-electron chi connectivity index (χ0n) is 17.7. The van der Waals surface area contributed by atoms with Crippen LogP contribution in [0.1, 0.15) is 12.5 Å². The van der Waals surface area contributed by atoms with E-state index >= 15 is 0 Å². The van der Waals surface area contributed by atoms with Crippen molar-refractivity contribution in [1.82, 2.24) is 19.7 Å². The molecular weight excluding hydrogens is 394 g/mol. The Labute approximate surface area is 181 Å². The van der Waals surface area contributed by atoms with Gasteiger partial charge in [0.25, 0.3) is 0 Å². The molecule has 1 aromatic heterocycles. The standard InChI is InChI=1S/C23H27N5OS/c1-17-9-7-8-12-20(17)21-24-25-23(26(21)3)30-18(2)22(29)28-15-13-27(14-16-28)19-10-5-4-6-11-19/h4-12,18H,13-16H2,1-3H3/t18-/m1/s1. The van der Waals surface area contributed by atoms with E-state index in [1.54, 1.807) is 0 Å². The van der Waals surface area contributed by atoms with Gasteiger partial charge in [-0.1, -0.05) is 54.2 Å². The van der Waals surface area contributed by atoms with Crippen LogP contribution in [0.2, 0.25) is 0 Å². The Balaban J connectivity index is 1.38. The Kier molecular flexibility index (Phi) is 6.08. The largest absolute Gasteiger partial charge is 0.368 e. The minimum atomic E-state index is -0.208. The lowest BCUT2D eigenvalue weighted by Gasteiger charge is -2.37. The van der Waals surface area contributed by atoms with Gasteiger partial charge in [0.15, 0.2) is 11.0 Å². The smallest absolute Gasteiger partial charge is 0.236 e. The molecular formula is C23H27N5OS. The molecule has 3 aromatic rings. The van der Waals surface area contributed by atoms with Crippen molar-refractivity contribution in [2.45, 2.75) is 24.3 Å². The van der Waals surface area contributed by atoms with Crippen LogP contribution in [0.25, 0.3) is 11.4 Å². The second-order valence-corrected chi connectivity index (χ2v) is 8.90. The Bertz CT molecular complexity index is 1010. The van der Waals surface area contributed by atoms with E-state index in [-0.39, 0.29) is 11.2 Å². The predicted molar refractivity (Wildman–Crippen MR) is 122 cm³/mol. The molecule has 1 fully saturated rings. The minimum Gasteiger partial charge on any atom is -0.368 e. The molecule has 0 unspecified atom stereocenters. The van der Waals surface area contributed by atoms with E-state index in [1.807, 2.05) is 41.6 Å². The number of aromatic nitrogens is 3. The van der Waals surface area contributed by atoms with E-state index in [4.69, 9.17) is 0 Å². The van der Waals surface area contributed by atoms with Gasteiger partial charge in [-0.2, -0.15) is 0 Å². The average molecular weight is 422 g/mol. The highest BCUT2D eigenvalue weighted by Gasteiger charge is 2.27. The summed E-state index contributed by atoms with van der Waals surface area (Å²) in [6.45, 7) is 7.22. The number of hydrogen-bond acceptors (Lipinski definition) is 5. The fourth-order valence-corrected chi connectivity index (χ4v) is 4.66. The van der Waals surface area contributed by atoms with E-state index < -0.39 is 0 Å². The van der Waals surface area contributed by atoms with Crippen molar-refractivity contribution in [3.63, 3.8) is 0 Å². The van der Waals surface area contributed by atoms with Crippen LogP contribution < -0.4 is 4.90 Å². The van der Waals surface area contributed by atoms with Crippen molar-refractivity contribution in [3.05, 3.63) is 60.2 Å². The lowest BCUT2D eigenvalue weighted by atomic mass is 10.1. The van der Waals surface area contributed by atoms with Crippen LogP contribution in [0.3, 0.4) is 0 Å². The van der Waals surface area contributed by atoms with Gasteiger partial charge in [-0.3, -0.25) is 4.79 Å². The third kappa shape index (κ3) is 4.21. The first-order valence-electron chi connectivity index (χ1n) is 10.3. The van der Waals surface area contributed by atoms with Crippen molar-refractivity contribution in [1.29, 1.82) is 0 Å². The van der Waals surface area contributed by atoms with Gasteiger partial charge in [-0.05, 0) is 31.5 Å².